The molecule has 0 aliphatic rings. The van der Waals surface area contributed by atoms with Crippen molar-refractivity contribution in [2.24, 2.45) is 5.84 Å². The normalized spacial score (nSPS) is 7.92. The van der Waals surface area contributed by atoms with Gasteiger partial charge in [0.25, 0.3) is 0 Å². The van der Waals surface area contributed by atoms with Gasteiger partial charge in [-0.3, -0.25) is 5.84 Å². The predicted octanol–water partition coefficient (Wildman–Crippen LogP) is 2.43. The van der Waals surface area contributed by atoms with E-state index in [2.05, 4.69) is 18.4 Å². The second-order valence-corrected chi connectivity index (χ2v) is 2.39. The molecule has 0 aliphatic heterocycles. The van der Waals surface area contributed by atoms with Crippen LogP contribution in [0.3, 0.4) is 0 Å². The summed E-state index contributed by atoms with van der Waals surface area (Å²) in [5, 5.41) is 0. The Morgan fingerprint density at radius 1 is 1.17 bits per heavy atom. The van der Waals surface area contributed by atoms with Crippen molar-refractivity contribution in [3.63, 3.8) is 0 Å². The molecule has 0 aromatic heterocycles. The van der Waals surface area contributed by atoms with Gasteiger partial charge in [0.1, 0.15) is 0 Å². The lowest BCUT2D eigenvalue weighted by molar-refractivity contribution is 1.27. The van der Waals surface area contributed by atoms with E-state index in [1.807, 2.05) is 19.1 Å². The molecule has 0 bridgehead atoms. The third kappa shape index (κ3) is 2.89. The first-order chi connectivity index (χ1) is 4.75. The van der Waals surface area contributed by atoms with Crippen LogP contribution in [0.1, 0.15) is 11.1 Å². The summed E-state index contributed by atoms with van der Waals surface area (Å²) in [4.78, 5) is 0. The van der Waals surface area contributed by atoms with Crippen LogP contribution in [0.5, 0.6) is 0 Å². The zero-order valence-electron chi connectivity index (χ0n) is 7.13. The summed E-state index contributed by atoms with van der Waals surface area (Å²) < 4.78 is 0. The van der Waals surface area contributed by atoms with Crippen LogP contribution in [0, 0.1) is 13.8 Å². The molecule has 0 unspecified atom stereocenters. The number of benzene rings is 1. The molecule has 12 heavy (non-hydrogen) atoms. The molecule has 1 aromatic carbocycles. The molecule has 4 heteroatoms. The first-order valence-corrected chi connectivity index (χ1v) is 3.28. The van der Waals surface area contributed by atoms with E-state index in [9.17, 15) is 0 Å². The number of nitrogens with two attached hydrogens (primary N) is 1. The molecule has 1 rings (SSSR count). The SMILES string of the molecule is Cc1cccc(NN)c1C.Cl.Cl. The number of nitrogens with one attached hydrogen (secondary N) is 1. The fraction of sp³-hybridized carbons (Fsp3) is 0.250. The smallest absolute Gasteiger partial charge is 0.0516 e. The Morgan fingerprint density at radius 2 is 1.75 bits per heavy atom. The van der Waals surface area contributed by atoms with E-state index in [0.29, 0.717) is 0 Å². The highest BCUT2D eigenvalue weighted by atomic mass is 35.5. The Bertz CT molecular complexity index is 238. The number of hydrazine groups is 1. The van der Waals surface area contributed by atoms with Gasteiger partial charge in [-0.15, -0.1) is 24.8 Å². The summed E-state index contributed by atoms with van der Waals surface area (Å²) in [6.07, 6.45) is 0. The minimum absolute atomic E-state index is 0. The number of halogens is 2. The zero-order chi connectivity index (χ0) is 7.56. The van der Waals surface area contributed by atoms with Crippen LogP contribution in [0.4, 0.5) is 5.69 Å². The van der Waals surface area contributed by atoms with Crippen molar-refractivity contribution in [2.45, 2.75) is 13.8 Å². The minimum atomic E-state index is 0. The van der Waals surface area contributed by atoms with Gasteiger partial charge >= 0.3 is 0 Å². The molecule has 0 atom stereocenters. The van der Waals surface area contributed by atoms with Gasteiger partial charge in [0, 0.05) is 0 Å². The first kappa shape index (κ1) is 14.1. The topological polar surface area (TPSA) is 38.0 Å². The van der Waals surface area contributed by atoms with Crippen LogP contribution < -0.4 is 11.3 Å². The van der Waals surface area contributed by atoms with Crippen LogP contribution in [-0.4, -0.2) is 0 Å². The molecule has 0 aliphatic carbocycles. The maximum Gasteiger partial charge on any atom is 0.0516 e. The highest BCUT2D eigenvalue weighted by molar-refractivity contribution is 5.85. The minimum Gasteiger partial charge on any atom is -0.324 e. The van der Waals surface area contributed by atoms with Crippen molar-refractivity contribution >= 4 is 30.5 Å². The molecule has 2 nitrogen and oxygen atoms in total. The van der Waals surface area contributed by atoms with Crippen molar-refractivity contribution in [2.75, 3.05) is 5.43 Å². The van der Waals surface area contributed by atoms with Crippen LogP contribution in [0.25, 0.3) is 0 Å². The molecule has 70 valence electrons. The van der Waals surface area contributed by atoms with Crippen molar-refractivity contribution < 1.29 is 0 Å². The number of anilines is 1. The summed E-state index contributed by atoms with van der Waals surface area (Å²) in [6.45, 7) is 4.11. The fourth-order valence-corrected chi connectivity index (χ4v) is 0.907. The summed E-state index contributed by atoms with van der Waals surface area (Å²) in [7, 11) is 0. The maximum atomic E-state index is 5.27. The number of rotatable bonds is 1. The highest BCUT2D eigenvalue weighted by Gasteiger charge is 1.95. The summed E-state index contributed by atoms with van der Waals surface area (Å²) >= 11 is 0. The van der Waals surface area contributed by atoms with E-state index >= 15 is 0 Å². The predicted molar refractivity (Wildman–Crippen MR) is 58.2 cm³/mol. The van der Waals surface area contributed by atoms with E-state index in [0.717, 1.165) is 5.69 Å². The first-order valence-electron chi connectivity index (χ1n) is 3.28. The molecular formula is C8H14Cl2N2. The van der Waals surface area contributed by atoms with E-state index in [-0.39, 0.29) is 24.8 Å². The van der Waals surface area contributed by atoms with Crippen molar-refractivity contribution in [3.05, 3.63) is 29.3 Å². The standard InChI is InChI=1S/C8H12N2.2ClH/c1-6-4-3-5-8(10-9)7(6)2;;/h3-5,10H,9H2,1-2H3;2*1H. The summed E-state index contributed by atoms with van der Waals surface area (Å²) in [5.74, 6) is 5.27. The molecule has 0 heterocycles. The van der Waals surface area contributed by atoms with Crippen LogP contribution >= 0.6 is 24.8 Å². The average Bonchev–Trinajstić information content (AvgIpc) is 1.95. The molecular weight excluding hydrogens is 195 g/mol. The number of hydrogen-bond acceptors (Lipinski definition) is 2. The summed E-state index contributed by atoms with van der Waals surface area (Å²) in [5.41, 5.74) is 6.11. The molecule has 0 amide bonds. The van der Waals surface area contributed by atoms with Gasteiger partial charge in [-0.1, -0.05) is 12.1 Å². The lowest BCUT2D eigenvalue weighted by Gasteiger charge is -2.05. The number of aryl methyl sites for hydroxylation is 1. The second-order valence-electron chi connectivity index (χ2n) is 2.39. The van der Waals surface area contributed by atoms with Gasteiger partial charge in [-0.2, -0.15) is 0 Å². The Labute approximate surface area is 85.3 Å². The van der Waals surface area contributed by atoms with Crippen LogP contribution in [0.2, 0.25) is 0 Å². The third-order valence-corrected chi connectivity index (χ3v) is 1.76. The lowest BCUT2D eigenvalue weighted by atomic mass is 10.1. The molecule has 0 saturated heterocycles. The molecule has 0 radical (unpaired) electrons. The van der Waals surface area contributed by atoms with Gasteiger partial charge in [-0.25, -0.2) is 0 Å². The number of nitrogen functional groups attached to an aromatic ring is 1. The Morgan fingerprint density at radius 3 is 2.17 bits per heavy atom. The van der Waals surface area contributed by atoms with Crippen molar-refractivity contribution in [1.29, 1.82) is 0 Å². The molecule has 0 saturated carbocycles. The quantitative estimate of drug-likeness (QED) is 0.550. The monoisotopic (exact) mass is 208 g/mol. The van der Waals surface area contributed by atoms with E-state index in [4.69, 9.17) is 5.84 Å². The zero-order valence-corrected chi connectivity index (χ0v) is 8.76. The Balaban J connectivity index is 0. The molecule has 0 spiro atoms. The van der Waals surface area contributed by atoms with E-state index < -0.39 is 0 Å². The largest absolute Gasteiger partial charge is 0.324 e. The van der Waals surface area contributed by atoms with Crippen molar-refractivity contribution in [1.82, 2.24) is 0 Å². The van der Waals surface area contributed by atoms with Crippen LogP contribution in [-0.2, 0) is 0 Å². The second kappa shape index (κ2) is 6.12. The number of hydrogen-bond donors (Lipinski definition) is 2. The van der Waals surface area contributed by atoms with Gasteiger partial charge in [0.05, 0.1) is 5.69 Å². The molecule has 0 fully saturated rings. The average molecular weight is 209 g/mol. The Hall–Kier alpha value is -0.440. The van der Waals surface area contributed by atoms with Gasteiger partial charge in [0.2, 0.25) is 0 Å². The Kier molecular flexibility index (Phi) is 7.19. The van der Waals surface area contributed by atoms with Crippen molar-refractivity contribution in [3.8, 4) is 0 Å². The lowest BCUT2D eigenvalue weighted by Crippen LogP contribution is -2.08. The molecule has 1 aromatic rings. The van der Waals surface area contributed by atoms with E-state index in [1.54, 1.807) is 0 Å². The fourth-order valence-electron chi connectivity index (χ4n) is 0.907. The van der Waals surface area contributed by atoms with Gasteiger partial charge in [0.15, 0.2) is 0 Å². The maximum absolute atomic E-state index is 5.27. The third-order valence-electron chi connectivity index (χ3n) is 1.76. The van der Waals surface area contributed by atoms with Gasteiger partial charge < -0.3 is 5.43 Å². The highest BCUT2D eigenvalue weighted by Crippen LogP contribution is 2.15. The molecule has 3 N–H and O–H groups in total. The van der Waals surface area contributed by atoms with Gasteiger partial charge in [-0.05, 0) is 31.0 Å². The van der Waals surface area contributed by atoms with E-state index in [1.165, 1.54) is 11.1 Å². The van der Waals surface area contributed by atoms with Crippen LogP contribution in [0.15, 0.2) is 18.2 Å². The summed E-state index contributed by atoms with van der Waals surface area (Å²) in [6, 6.07) is 6.01.